The number of rotatable bonds is 5. The molecule has 0 aliphatic carbocycles. The highest BCUT2D eigenvalue weighted by Gasteiger charge is 2.22. The van der Waals surface area contributed by atoms with Gasteiger partial charge in [0.05, 0.1) is 23.5 Å². The van der Waals surface area contributed by atoms with Crippen molar-refractivity contribution in [2.45, 2.75) is 39.7 Å². The van der Waals surface area contributed by atoms with Gasteiger partial charge < -0.3 is 9.51 Å². The molecule has 1 fully saturated rings. The molecule has 4 heterocycles. The van der Waals surface area contributed by atoms with Gasteiger partial charge in [-0.25, -0.2) is 15.0 Å². The van der Waals surface area contributed by atoms with Crippen molar-refractivity contribution in [3.63, 3.8) is 0 Å². The molecule has 0 amide bonds. The highest BCUT2D eigenvalue weighted by Crippen LogP contribution is 2.26. The Bertz CT molecular complexity index is 837. The third-order valence-corrected chi connectivity index (χ3v) is 5.04. The molecule has 26 heavy (non-hydrogen) atoms. The van der Waals surface area contributed by atoms with E-state index in [1.165, 1.54) is 12.8 Å². The summed E-state index contributed by atoms with van der Waals surface area (Å²) in [6, 6.07) is 2.08. The first-order valence-corrected chi connectivity index (χ1v) is 9.14. The normalized spacial score (nSPS) is 18.3. The number of likely N-dealkylation sites (tertiary alicyclic amines) is 1. The Morgan fingerprint density at radius 3 is 2.96 bits per heavy atom. The molecule has 4 rings (SSSR count). The zero-order valence-electron chi connectivity index (χ0n) is 15.3. The molecule has 1 N–H and O–H groups in total. The maximum absolute atomic E-state index is 5.28. The number of hydrogen-bond acceptors (Lipinski definition) is 6. The zero-order valence-corrected chi connectivity index (χ0v) is 15.3. The summed E-state index contributed by atoms with van der Waals surface area (Å²) in [6.45, 7) is 6.96. The van der Waals surface area contributed by atoms with Gasteiger partial charge in [0, 0.05) is 24.6 Å². The number of hydrogen-bond donors (Lipinski definition) is 1. The van der Waals surface area contributed by atoms with Crippen molar-refractivity contribution in [3.8, 4) is 11.3 Å². The van der Waals surface area contributed by atoms with E-state index in [9.17, 15) is 0 Å². The van der Waals surface area contributed by atoms with E-state index < -0.39 is 0 Å². The summed E-state index contributed by atoms with van der Waals surface area (Å²) in [6.07, 6.45) is 8.77. The quantitative estimate of drug-likeness (QED) is 0.760. The summed E-state index contributed by atoms with van der Waals surface area (Å²) in [7, 11) is 0. The van der Waals surface area contributed by atoms with Gasteiger partial charge in [-0.05, 0) is 51.6 Å². The van der Waals surface area contributed by atoms with Crippen LogP contribution in [0.5, 0.6) is 0 Å². The van der Waals surface area contributed by atoms with Crippen LogP contribution in [0.25, 0.3) is 11.3 Å². The number of aromatic amines is 1. The predicted octanol–water partition coefficient (Wildman–Crippen LogP) is 2.93. The lowest BCUT2D eigenvalue weighted by molar-refractivity contribution is 0.163. The van der Waals surface area contributed by atoms with Crippen LogP contribution in [0.4, 0.5) is 0 Å². The van der Waals surface area contributed by atoms with Crippen LogP contribution in [0.2, 0.25) is 0 Å². The summed E-state index contributed by atoms with van der Waals surface area (Å²) in [4.78, 5) is 18.9. The second-order valence-corrected chi connectivity index (χ2v) is 7.08. The molecule has 0 aromatic carbocycles. The summed E-state index contributed by atoms with van der Waals surface area (Å²) < 4.78 is 5.28. The Morgan fingerprint density at radius 1 is 1.27 bits per heavy atom. The van der Waals surface area contributed by atoms with E-state index in [2.05, 4.69) is 36.1 Å². The molecule has 1 atom stereocenters. The van der Waals surface area contributed by atoms with Crippen LogP contribution in [0, 0.1) is 19.8 Å². The molecule has 7 nitrogen and oxygen atoms in total. The fraction of sp³-hybridized carbons (Fsp3) is 0.474. The molecular weight excluding hydrogens is 328 g/mol. The number of imidazole rings is 1. The SMILES string of the molecule is Cc1noc(C)c1-c1cc(C[C@@H]2CCCN(Cc3ncc[nH]3)C2)ncn1. The van der Waals surface area contributed by atoms with Crippen molar-refractivity contribution >= 4 is 0 Å². The van der Waals surface area contributed by atoms with Gasteiger partial charge in [-0.1, -0.05) is 5.16 Å². The first-order valence-electron chi connectivity index (χ1n) is 9.14. The molecule has 1 aliphatic heterocycles. The molecule has 1 aliphatic rings. The fourth-order valence-electron chi connectivity index (χ4n) is 3.85. The van der Waals surface area contributed by atoms with Crippen LogP contribution < -0.4 is 0 Å². The molecule has 0 unspecified atom stereocenters. The topological polar surface area (TPSA) is 83.7 Å². The number of aryl methyl sites for hydroxylation is 2. The Hall–Kier alpha value is -2.54. The molecule has 0 saturated carbocycles. The highest BCUT2D eigenvalue weighted by atomic mass is 16.5. The molecule has 0 bridgehead atoms. The number of aromatic nitrogens is 5. The second kappa shape index (κ2) is 7.37. The second-order valence-electron chi connectivity index (χ2n) is 7.08. The van der Waals surface area contributed by atoms with Crippen molar-refractivity contribution in [1.29, 1.82) is 0 Å². The van der Waals surface area contributed by atoms with Gasteiger partial charge in [0.1, 0.15) is 17.9 Å². The Balaban J connectivity index is 1.44. The molecular formula is C19H24N6O. The lowest BCUT2D eigenvalue weighted by Gasteiger charge is -2.32. The first-order chi connectivity index (χ1) is 12.7. The lowest BCUT2D eigenvalue weighted by atomic mass is 9.93. The van der Waals surface area contributed by atoms with Crippen LogP contribution in [0.1, 0.15) is 35.8 Å². The summed E-state index contributed by atoms with van der Waals surface area (Å²) in [5.41, 5.74) is 3.83. The maximum atomic E-state index is 5.28. The van der Waals surface area contributed by atoms with E-state index in [1.807, 2.05) is 26.2 Å². The van der Waals surface area contributed by atoms with E-state index in [0.29, 0.717) is 5.92 Å². The lowest BCUT2D eigenvalue weighted by Crippen LogP contribution is -2.36. The minimum Gasteiger partial charge on any atom is -0.361 e. The van der Waals surface area contributed by atoms with Crippen molar-refractivity contribution in [3.05, 3.63) is 47.8 Å². The van der Waals surface area contributed by atoms with Crippen LogP contribution in [-0.4, -0.2) is 43.1 Å². The third-order valence-electron chi connectivity index (χ3n) is 5.04. The van der Waals surface area contributed by atoms with Gasteiger partial charge in [-0.3, -0.25) is 4.90 Å². The first kappa shape index (κ1) is 16.9. The van der Waals surface area contributed by atoms with Gasteiger partial charge in [-0.2, -0.15) is 0 Å². The Labute approximate surface area is 152 Å². The Morgan fingerprint density at radius 2 is 2.19 bits per heavy atom. The third kappa shape index (κ3) is 3.67. The van der Waals surface area contributed by atoms with Gasteiger partial charge in [-0.15, -0.1) is 0 Å². The predicted molar refractivity (Wildman–Crippen MR) is 97.3 cm³/mol. The van der Waals surface area contributed by atoms with Crippen molar-refractivity contribution in [2.75, 3.05) is 13.1 Å². The van der Waals surface area contributed by atoms with Crippen LogP contribution >= 0.6 is 0 Å². The number of piperidine rings is 1. The van der Waals surface area contributed by atoms with Crippen LogP contribution in [0.3, 0.4) is 0 Å². The number of H-pyrrole nitrogens is 1. The Kier molecular flexibility index (Phi) is 4.79. The van der Waals surface area contributed by atoms with Gasteiger partial charge in [0.2, 0.25) is 0 Å². The van der Waals surface area contributed by atoms with E-state index >= 15 is 0 Å². The smallest absolute Gasteiger partial charge is 0.143 e. The van der Waals surface area contributed by atoms with Crippen LogP contribution in [-0.2, 0) is 13.0 Å². The van der Waals surface area contributed by atoms with E-state index in [0.717, 1.165) is 60.3 Å². The number of nitrogens with one attached hydrogen (secondary N) is 1. The van der Waals surface area contributed by atoms with Crippen molar-refractivity contribution < 1.29 is 4.52 Å². The monoisotopic (exact) mass is 352 g/mol. The minimum absolute atomic E-state index is 0.603. The minimum atomic E-state index is 0.603. The molecule has 7 heteroatoms. The van der Waals surface area contributed by atoms with Gasteiger partial charge in [0.25, 0.3) is 0 Å². The summed E-state index contributed by atoms with van der Waals surface area (Å²) >= 11 is 0. The van der Waals surface area contributed by atoms with Gasteiger partial charge in [0.15, 0.2) is 0 Å². The maximum Gasteiger partial charge on any atom is 0.143 e. The van der Waals surface area contributed by atoms with Crippen molar-refractivity contribution in [2.24, 2.45) is 5.92 Å². The zero-order chi connectivity index (χ0) is 17.9. The van der Waals surface area contributed by atoms with Crippen LogP contribution in [0.15, 0.2) is 29.3 Å². The summed E-state index contributed by atoms with van der Waals surface area (Å²) in [5, 5.41) is 4.03. The fourth-order valence-corrected chi connectivity index (χ4v) is 3.85. The summed E-state index contributed by atoms with van der Waals surface area (Å²) in [5.74, 6) is 2.44. The molecule has 0 spiro atoms. The molecule has 3 aromatic rings. The highest BCUT2D eigenvalue weighted by molar-refractivity contribution is 5.63. The van der Waals surface area contributed by atoms with Gasteiger partial charge >= 0.3 is 0 Å². The standard InChI is InChI=1S/C19H24N6O/c1-13-19(14(2)26-24-13)17-9-16(22-12-23-17)8-15-4-3-7-25(10-15)11-18-20-5-6-21-18/h5-6,9,12,15H,3-4,7-8,10-11H2,1-2H3,(H,20,21)/t15-/m0/s1. The van der Waals surface area contributed by atoms with E-state index in [1.54, 1.807) is 6.33 Å². The molecule has 0 radical (unpaired) electrons. The molecule has 136 valence electrons. The number of nitrogens with zero attached hydrogens (tertiary/aromatic N) is 5. The van der Waals surface area contributed by atoms with E-state index in [4.69, 9.17) is 4.52 Å². The molecule has 1 saturated heterocycles. The average Bonchev–Trinajstić information content (AvgIpc) is 3.25. The van der Waals surface area contributed by atoms with E-state index in [-0.39, 0.29) is 0 Å². The largest absolute Gasteiger partial charge is 0.361 e. The van der Waals surface area contributed by atoms with Crippen molar-refractivity contribution in [1.82, 2.24) is 30.0 Å². The molecule has 3 aromatic heterocycles. The average molecular weight is 352 g/mol.